The zero-order chi connectivity index (χ0) is 15.8. The molecule has 0 saturated carbocycles. The second kappa shape index (κ2) is 5.51. The van der Waals surface area contributed by atoms with Crippen molar-refractivity contribution < 1.29 is 5.11 Å². The number of hydrogen-bond acceptors (Lipinski definition) is 6. The molecule has 4 heterocycles. The highest BCUT2D eigenvalue weighted by Gasteiger charge is 2.26. The summed E-state index contributed by atoms with van der Waals surface area (Å²) in [5, 5.41) is 10.6. The number of aliphatic hydroxyl groups is 1. The molecule has 4 N–H and O–H groups in total. The van der Waals surface area contributed by atoms with Crippen molar-refractivity contribution in [1.82, 2.24) is 19.9 Å². The highest BCUT2D eigenvalue weighted by Crippen LogP contribution is 2.37. The molecule has 0 radical (unpaired) electrons. The Morgan fingerprint density at radius 3 is 3.00 bits per heavy atom. The average Bonchev–Trinajstić information content (AvgIpc) is 3.21. The minimum atomic E-state index is 0.152. The van der Waals surface area contributed by atoms with Gasteiger partial charge in [-0.15, -0.1) is 0 Å². The summed E-state index contributed by atoms with van der Waals surface area (Å²) in [6, 6.07) is 3.99. The predicted octanol–water partition coefficient (Wildman–Crippen LogP) is 1.56. The SMILES string of the molecule is Nc1nccc(-c2c[nH]c3nccc(N4CCCC4CO)c23)n1. The van der Waals surface area contributed by atoms with Gasteiger partial charge in [-0.25, -0.2) is 15.0 Å². The Morgan fingerprint density at radius 2 is 2.17 bits per heavy atom. The van der Waals surface area contributed by atoms with Crippen LogP contribution in [0.3, 0.4) is 0 Å². The lowest BCUT2D eigenvalue weighted by molar-refractivity contribution is 0.266. The fourth-order valence-electron chi connectivity index (χ4n) is 3.35. The molecule has 1 fully saturated rings. The van der Waals surface area contributed by atoms with Crippen LogP contribution in [0.1, 0.15) is 12.8 Å². The predicted molar refractivity (Wildman–Crippen MR) is 89.0 cm³/mol. The summed E-state index contributed by atoms with van der Waals surface area (Å²) >= 11 is 0. The quantitative estimate of drug-likeness (QED) is 0.678. The molecule has 118 valence electrons. The molecule has 0 bridgehead atoms. The maximum Gasteiger partial charge on any atom is 0.220 e. The van der Waals surface area contributed by atoms with Crippen molar-refractivity contribution >= 4 is 22.7 Å². The van der Waals surface area contributed by atoms with Gasteiger partial charge in [-0.2, -0.15) is 0 Å². The Labute approximate surface area is 133 Å². The van der Waals surface area contributed by atoms with Crippen LogP contribution in [0.5, 0.6) is 0 Å². The highest BCUT2D eigenvalue weighted by molar-refractivity contribution is 6.02. The van der Waals surface area contributed by atoms with Gasteiger partial charge in [-0.1, -0.05) is 0 Å². The van der Waals surface area contributed by atoms with Crippen LogP contribution in [0.2, 0.25) is 0 Å². The minimum Gasteiger partial charge on any atom is -0.394 e. The summed E-state index contributed by atoms with van der Waals surface area (Å²) in [5.41, 5.74) is 9.30. The Morgan fingerprint density at radius 1 is 1.30 bits per heavy atom. The number of nitrogens with two attached hydrogens (primary N) is 1. The number of rotatable bonds is 3. The third kappa shape index (κ3) is 2.29. The highest BCUT2D eigenvalue weighted by atomic mass is 16.3. The van der Waals surface area contributed by atoms with Gasteiger partial charge in [0.1, 0.15) is 5.65 Å². The van der Waals surface area contributed by atoms with E-state index >= 15 is 0 Å². The zero-order valence-corrected chi connectivity index (χ0v) is 12.6. The minimum absolute atomic E-state index is 0.152. The molecule has 3 aromatic rings. The summed E-state index contributed by atoms with van der Waals surface area (Å²) in [5.74, 6) is 0.247. The van der Waals surface area contributed by atoms with E-state index in [2.05, 4.69) is 24.8 Å². The number of aromatic amines is 1. The van der Waals surface area contributed by atoms with Crippen molar-refractivity contribution in [3.8, 4) is 11.3 Å². The standard InChI is InChI=1S/C16H18N6O/c17-16-19-5-3-12(21-16)11-8-20-15-14(11)13(4-6-18-15)22-7-1-2-10(22)9-23/h3-6,8,10,23H,1-2,7,9H2,(H,18,20)(H2,17,19,21). The van der Waals surface area contributed by atoms with E-state index in [1.165, 1.54) is 0 Å². The summed E-state index contributed by atoms with van der Waals surface area (Å²) in [6.45, 7) is 1.09. The van der Waals surface area contributed by atoms with Crippen LogP contribution in [-0.4, -0.2) is 44.2 Å². The third-order valence-corrected chi connectivity index (χ3v) is 4.40. The van der Waals surface area contributed by atoms with Crippen molar-refractivity contribution in [2.24, 2.45) is 0 Å². The molecule has 1 atom stereocenters. The van der Waals surface area contributed by atoms with E-state index in [4.69, 9.17) is 5.73 Å². The number of aromatic nitrogens is 4. The average molecular weight is 310 g/mol. The number of aliphatic hydroxyl groups excluding tert-OH is 1. The molecule has 3 aromatic heterocycles. The molecular formula is C16H18N6O. The van der Waals surface area contributed by atoms with Crippen molar-refractivity contribution in [1.29, 1.82) is 0 Å². The van der Waals surface area contributed by atoms with Crippen LogP contribution in [0, 0.1) is 0 Å². The number of nitrogens with one attached hydrogen (secondary N) is 1. The Bertz CT molecular complexity index is 845. The van der Waals surface area contributed by atoms with E-state index in [1.54, 1.807) is 12.4 Å². The molecule has 0 amide bonds. The van der Waals surface area contributed by atoms with Crippen molar-refractivity contribution in [3.63, 3.8) is 0 Å². The number of H-pyrrole nitrogens is 1. The van der Waals surface area contributed by atoms with E-state index in [-0.39, 0.29) is 18.6 Å². The summed E-state index contributed by atoms with van der Waals surface area (Å²) in [7, 11) is 0. The molecule has 4 rings (SSSR count). The number of fused-ring (bicyclic) bond motifs is 1. The Balaban J connectivity index is 1.91. The smallest absolute Gasteiger partial charge is 0.220 e. The van der Waals surface area contributed by atoms with Crippen molar-refractivity contribution in [2.75, 3.05) is 23.8 Å². The van der Waals surface area contributed by atoms with Crippen molar-refractivity contribution in [2.45, 2.75) is 18.9 Å². The largest absolute Gasteiger partial charge is 0.394 e. The van der Waals surface area contributed by atoms with E-state index in [0.717, 1.165) is 47.4 Å². The van der Waals surface area contributed by atoms with Gasteiger partial charge < -0.3 is 20.7 Å². The van der Waals surface area contributed by atoms with Crippen LogP contribution in [0.4, 0.5) is 11.6 Å². The second-order valence-electron chi connectivity index (χ2n) is 5.73. The number of pyridine rings is 1. The first-order valence-electron chi connectivity index (χ1n) is 7.70. The molecule has 0 aromatic carbocycles. The Hall–Kier alpha value is -2.67. The first-order valence-corrected chi connectivity index (χ1v) is 7.70. The Kier molecular flexibility index (Phi) is 3.34. The number of nitrogen functional groups attached to an aromatic ring is 1. The molecule has 0 aliphatic carbocycles. The van der Waals surface area contributed by atoms with Gasteiger partial charge in [0.15, 0.2) is 0 Å². The zero-order valence-electron chi connectivity index (χ0n) is 12.6. The fraction of sp³-hybridized carbons (Fsp3) is 0.312. The topological polar surface area (TPSA) is 104 Å². The number of anilines is 2. The van der Waals surface area contributed by atoms with E-state index < -0.39 is 0 Å². The molecule has 1 saturated heterocycles. The number of hydrogen-bond donors (Lipinski definition) is 3. The fourth-order valence-corrected chi connectivity index (χ4v) is 3.35. The summed E-state index contributed by atoms with van der Waals surface area (Å²) in [4.78, 5) is 18.1. The van der Waals surface area contributed by atoms with Crippen LogP contribution in [0.15, 0.2) is 30.7 Å². The van der Waals surface area contributed by atoms with Crippen LogP contribution >= 0.6 is 0 Å². The molecule has 1 unspecified atom stereocenters. The van der Waals surface area contributed by atoms with Gasteiger partial charge >= 0.3 is 0 Å². The lowest BCUT2D eigenvalue weighted by atomic mass is 10.1. The van der Waals surface area contributed by atoms with E-state index in [1.807, 2.05) is 18.3 Å². The maximum absolute atomic E-state index is 9.64. The molecule has 23 heavy (non-hydrogen) atoms. The van der Waals surface area contributed by atoms with Crippen molar-refractivity contribution in [3.05, 3.63) is 30.7 Å². The molecule has 7 heteroatoms. The second-order valence-corrected chi connectivity index (χ2v) is 5.73. The monoisotopic (exact) mass is 310 g/mol. The van der Waals surface area contributed by atoms with E-state index in [9.17, 15) is 5.11 Å². The molecule has 1 aliphatic heterocycles. The molecule has 7 nitrogen and oxygen atoms in total. The van der Waals surface area contributed by atoms with Crippen LogP contribution in [-0.2, 0) is 0 Å². The summed E-state index contributed by atoms with van der Waals surface area (Å²) in [6.07, 6.45) is 7.42. The molecule has 1 aliphatic rings. The van der Waals surface area contributed by atoms with Gasteiger partial charge in [0.25, 0.3) is 0 Å². The molecule has 0 spiro atoms. The van der Waals surface area contributed by atoms with Gasteiger partial charge in [0.05, 0.1) is 29.4 Å². The van der Waals surface area contributed by atoms with Gasteiger partial charge in [-0.05, 0) is 25.0 Å². The summed E-state index contributed by atoms with van der Waals surface area (Å²) < 4.78 is 0. The first kappa shape index (κ1) is 14.0. The maximum atomic E-state index is 9.64. The van der Waals surface area contributed by atoms with Gasteiger partial charge in [-0.3, -0.25) is 0 Å². The van der Waals surface area contributed by atoms with Gasteiger partial charge in [0.2, 0.25) is 5.95 Å². The van der Waals surface area contributed by atoms with Crippen LogP contribution < -0.4 is 10.6 Å². The number of nitrogens with zero attached hydrogens (tertiary/aromatic N) is 4. The third-order valence-electron chi connectivity index (χ3n) is 4.40. The lowest BCUT2D eigenvalue weighted by Gasteiger charge is -2.26. The lowest BCUT2D eigenvalue weighted by Crippen LogP contribution is -2.32. The normalized spacial score (nSPS) is 18.0. The van der Waals surface area contributed by atoms with E-state index in [0.29, 0.717) is 0 Å². The first-order chi connectivity index (χ1) is 11.3. The van der Waals surface area contributed by atoms with Gasteiger partial charge in [0, 0.05) is 30.7 Å². The molecular weight excluding hydrogens is 292 g/mol. The van der Waals surface area contributed by atoms with Crippen LogP contribution in [0.25, 0.3) is 22.3 Å².